The van der Waals surface area contributed by atoms with Gasteiger partial charge < -0.3 is 22.3 Å². The van der Waals surface area contributed by atoms with E-state index in [2.05, 4.69) is 0 Å². The van der Waals surface area contributed by atoms with Crippen LogP contribution in [0.2, 0.25) is 0 Å². The van der Waals surface area contributed by atoms with Crippen LogP contribution in [0.3, 0.4) is 0 Å². The Bertz CT molecular complexity index is 141. The summed E-state index contributed by atoms with van der Waals surface area (Å²) in [7, 11) is 0. The summed E-state index contributed by atoms with van der Waals surface area (Å²) in [6, 6.07) is -0.187. The Hall–Kier alpha value is -0.740. The molecule has 0 bridgehead atoms. The molecular formula is C7H17N3O. The second-order valence-electron chi connectivity index (χ2n) is 2.69. The van der Waals surface area contributed by atoms with Crippen molar-refractivity contribution in [2.75, 3.05) is 6.61 Å². The first-order valence-corrected chi connectivity index (χ1v) is 3.65. The standard InChI is InChI=1S/C7H17N3O/c1-5(8)7(10)3-2-6(9)4-11/h6,11H,2-4,8-10H2,1H3/b7-5-. The van der Waals surface area contributed by atoms with Gasteiger partial charge >= 0.3 is 0 Å². The highest BCUT2D eigenvalue weighted by Crippen LogP contribution is 2.02. The van der Waals surface area contributed by atoms with Gasteiger partial charge in [0.25, 0.3) is 0 Å². The lowest BCUT2D eigenvalue weighted by atomic mass is 10.1. The average Bonchev–Trinajstić information content (AvgIpc) is 1.99. The molecular weight excluding hydrogens is 142 g/mol. The van der Waals surface area contributed by atoms with Crippen molar-refractivity contribution in [1.82, 2.24) is 0 Å². The van der Waals surface area contributed by atoms with Crippen LogP contribution in [-0.2, 0) is 0 Å². The Morgan fingerprint density at radius 2 is 2.00 bits per heavy atom. The molecule has 4 heteroatoms. The number of aliphatic hydroxyl groups excluding tert-OH is 1. The summed E-state index contributed by atoms with van der Waals surface area (Å²) < 4.78 is 0. The van der Waals surface area contributed by atoms with Crippen molar-refractivity contribution in [3.05, 3.63) is 11.4 Å². The minimum Gasteiger partial charge on any atom is -0.401 e. The summed E-state index contributed by atoms with van der Waals surface area (Å²) in [5.74, 6) is 0. The Morgan fingerprint density at radius 1 is 1.45 bits per heavy atom. The maximum atomic E-state index is 8.57. The van der Waals surface area contributed by atoms with Gasteiger partial charge in [0, 0.05) is 17.4 Å². The van der Waals surface area contributed by atoms with Crippen molar-refractivity contribution in [2.24, 2.45) is 17.2 Å². The molecule has 0 aliphatic rings. The average molecular weight is 159 g/mol. The Balaban J connectivity index is 3.63. The van der Waals surface area contributed by atoms with Gasteiger partial charge in [-0.15, -0.1) is 0 Å². The molecule has 0 aliphatic carbocycles. The van der Waals surface area contributed by atoms with Crippen LogP contribution in [0, 0.1) is 0 Å². The van der Waals surface area contributed by atoms with E-state index in [4.69, 9.17) is 22.3 Å². The molecule has 0 aromatic carbocycles. The van der Waals surface area contributed by atoms with Crippen LogP contribution in [0.4, 0.5) is 0 Å². The third kappa shape index (κ3) is 4.64. The van der Waals surface area contributed by atoms with Crippen LogP contribution >= 0.6 is 0 Å². The highest BCUT2D eigenvalue weighted by molar-refractivity contribution is 5.04. The molecule has 0 rings (SSSR count). The zero-order chi connectivity index (χ0) is 8.85. The first kappa shape index (κ1) is 10.3. The van der Waals surface area contributed by atoms with Crippen molar-refractivity contribution in [2.45, 2.75) is 25.8 Å². The molecule has 11 heavy (non-hydrogen) atoms. The highest BCUT2D eigenvalue weighted by Gasteiger charge is 2.01. The van der Waals surface area contributed by atoms with Gasteiger partial charge in [-0.05, 0) is 19.8 Å². The lowest BCUT2D eigenvalue weighted by molar-refractivity contribution is 0.260. The molecule has 1 atom stereocenters. The Labute approximate surface area is 67.1 Å². The third-order valence-electron chi connectivity index (χ3n) is 1.53. The van der Waals surface area contributed by atoms with E-state index in [9.17, 15) is 0 Å². The predicted octanol–water partition coefficient (Wildman–Crippen LogP) is -0.765. The van der Waals surface area contributed by atoms with E-state index in [-0.39, 0.29) is 12.6 Å². The molecule has 4 nitrogen and oxygen atoms in total. The van der Waals surface area contributed by atoms with E-state index in [1.54, 1.807) is 6.92 Å². The van der Waals surface area contributed by atoms with Crippen molar-refractivity contribution < 1.29 is 5.11 Å². The molecule has 0 fully saturated rings. The molecule has 66 valence electrons. The van der Waals surface area contributed by atoms with E-state index >= 15 is 0 Å². The first-order valence-electron chi connectivity index (χ1n) is 3.65. The number of hydrogen-bond acceptors (Lipinski definition) is 4. The molecule has 1 unspecified atom stereocenters. The lowest BCUT2D eigenvalue weighted by Crippen LogP contribution is -2.25. The lowest BCUT2D eigenvalue weighted by Gasteiger charge is -2.08. The second kappa shape index (κ2) is 4.98. The molecule has 0 spiro atoms. The van der Waals surface area contributed by atoms with Crippen LogP contribution in [0.15, 0.2) is 11.4 Å². The molecule has 0 aromatic heterocycles. The largest absolute Gasteiger partial charge is 0.401 e. The van der Waals surface area contributed by atoms with Crippen molar-refractivity contribution >= 4 is 0 Å². The molecule has 0 aromatic rings. The van der Waals surface area contributed by atoms with Gasteiger partial charge in [0.15, 0.2) is 0 Å². The molecule has 7 N–H and O–H groups in total. The first-order chi connectivity index (χ1) is 5.07. The van der Waals surface area contributed by atoms with Gasteiger partial charge in [0.2, 0.25) is 0 Å². The van der Waals surface area contributed by atoms with Gasteiger partial charge in [0.05, 0.1) is 6.61 Å². The molecule has 0 heterocycles. The van der Waals surface area contributed by atoms with Crippen molar-refractivity contribution in [1.29, 1.82) is 0 Å². The fourth-order valence-electron chi connectivity index (χ4n) is 0.629. The number of aliphatic hydroxyl groups is 1. The summed E-state index contributed by atoms with van der Waals surface area (Å²) in [5.41, 5.74) is 17.7. The number of rotatable bonds is 4. The Kier molecular flexibility index (Phi) is 4.65. The SMILES string of the molecule is C/C(N)=C(/N)CCC(N)CO. The van der Waals surface area contributed by atoms with Crippen LogP contribution in [0.5, 0.6) is 0 Å². The maximum absolute atomic E-state index is 8.57. The Morgan fingerprint density at radius 3 is 2.36 bits per heavy atom. The van der Waals surface area contributed by atoms with E-state index in [1.165, 1.54) is 0 Å². The van der Waals surface area contributed by atoms with Gasteiger partial charge in [-0.25, -0.2) is 0 Å². The molecule has 0 amide bonds. The summed E-state index contributed by atoms with van der Waals surface area (Å²) in [5, 5.41) is 8.57. The molecule has 0 radical (unpaired) electrons. The van der Waals surface area contributed by atoms with Gasteiger partial charge in [0.1, 0.15) is 0 Å². The zero-order valence-corrected chi connectivity index (χ0v) is 6.88. The number of nitrogens with two attached hydrogens (primary N) is 3. The molecule has 0 saturated carbocycles. The van der Waals surface area contributed by atoms with Crippen LogP contribution in [0.1, 0.15) is 19.8 Å². The van der Waals surface area contributed by atoms with Crippen molar-refractivity contribution in [3.63, 3.8) is 0 Å². The number of allylic oxidation sites excluding steroid dienone is 2. The predicted molar refractivity (Wildman–Crippen MR) is 45.4 cm³/mol. The minimum atomic E-state index is -0.187. The topological polar surface area (TPSA) is 98.3 Å². The van der Waals surface area contributed by atoms with Crippen LogP contribution in [0.25, 0.3) is 0 Å². The minimum absolute atomic E-state index is 0.00308. The normalized spacial score (nSPS) is 15.9. The van der Waals surface area contributed by atoms with Crippen LogP contribution in [-0.4, -0.2) is 17.8 Å². The fraction of sp³-hybridized carbons (Fsp3) is 0.714. The van der Waals surface area contributed by atoms with Crippen molar-refractivity contribution in [3.8, 4) is 0 Å². The van der Waals surface area contributed by atoms with E-state index in [1.807, 2.05) is 0 Å². The van der Waals surface area contributed by atoms with Gasteiger partial charge in [-0.1, -0.05) is 0 Å². The quantitative estimate of drug-likeness (QED) is 0.433. The summed E-state index contributed by atoms with van der Waals surface area (Å²) >= 11 is 0. The maximum Gasteiger partial charge on any atom is 0.0582 e. The summed E-state index contributed by atoms with van der Waals surface area (Å²) in [6.45, 7) is 1.75. The number of hydrogen-bond donors (Lipinski definition) is 4. The smallest absolute Gasteiger partial charge is 0.0582 e. The highest BCUT2D eigenvalue weighted by atomic mass is 16.3. The van der Waals surface area contributed by atoms with E-state index in [0.717, 1.165) is 0 Å². The monoisotopic (exact) mass is 159 g/mol. The van der Waals surface area contributed by atoms with Crippen LogP contribution < -0.4 is 17.2 Å². The van der Waals surface area contributed by atoms with Gasteiger partial charge in [-0.3, -0.25) is 0 Å². The van der Waals surface area contributed by atoms with E-state index < -0.39 is 0 Å². The second-order valence-corrected chi connectivity index (χ2v) is 2.69. The zero-order valence-electron chi connectivity index (χ0n) is 6.88. The molecule has 0 saturated heterocycles. The summed E-state index contributed by atoms with van der Waals surface area (Å²) in [4.78, 5) is 0. The van der Waals surface area contributed by atoms with E-state index in [0.29, 0.717) is 24.2 Å². The molecule has 0 aliphatic heterocycles. The summed E-state index contributed by atoms with van der Waals surface area (Å²) in [6.07, 6.45) is 1.33. The third-order valence-corrected chi connectivity index (χ3v) is 1.53. The van der Waals surface area contributed by atoms with Gasteiger partial charge in [-0.2, -0.15) is 0 Å². The fourth-order valence-corrected chi connectivity index (χ4v) is 0.629.